The zero-order valence-electron chi connectivity index (χ0n) is 6.80. The highest BCUT2D eigenvalue weighted by Crippen LogP contribution is 2.23. The maximum Gasteiger partial charge on any atom is 0.337 e. The summed E-state index contributed by atoms with van der Waals surface area (Å²) in [5.41, 5.74) is 6.79. The quantitative estimate of drug-likeness (QED) is 0.445. The van der Waals surface area contributed by atoms with Crippen LogP contribution in [0.4, 0.5) is 5.69 Å². The van der Waals surface area contributed by atoms with Crippen LogP contribution in [0.5, 0.6) is 0 Å². The highest BCUT2D eigenvalue weighted by molar-refractivity contribution is 14.1. The van der Waals surface area contributed by atoms with Crippen LogP contribution in [0.2, 0.25) is 0 Å². The number of ether oxygens (including phenoxy) is 1. The first-order chi connectivity index (χ1) is 6.06. The highest BCUT2D eigenvalue weighted by Gasteiger charge is 2.10. The number of halogens is 2. The number of nitrogen functional groups attached to an aromatic ring is 1. The highest BCUT2D eigenvalue weighted by atomic mass is 127. The molecule has 0 radical (unpaired) electrons. The van der Waals surface area contributed by atoms with Gasteiger partial charge in [-0.2, -0.15) is 0 Å². The van der Waals surface area contributed by atoms with Gasteiger partial charge in [-0.05, 0) is 57.3 Å². The van der Waals surface area contributed by atoms with Gasteiger partial charge in [-0.1, -0.05) is 0 Å². The maximum atomic E-state index is 11.1. The monoisotopic (exact) mass is 403 g/mol. The lowest BCUT2D eigenvalue weighted by atomic mass is 10.2. The first-order valence-corrected chi connectivity index (χ1v) is 5.55. The summed E-state index contributed by atoms with van der Waals surface area (Å²) in [6.07, 6.45) is 0. The van der Waals surface area contributed by atoms with E-state index in [-0.39, 0.29) is 5.97 Å². The zero-order chi connectivity index (χ0) is 10.0. The lowest BCUT2D eigenvalue weighted by Crippen LogP contribution is -2.04. The molecule has 0 heterocycles. The fourth-order valence-electron chi connectivity index (χ4n) is 0.846. The van der Waals surface area contributed by atoms with E-state index in [1.54, 1.807) is 12.1 Å². The normalized spacial score (nSPS) is 9.77. The Bertz CT molecular complexity index is 329. The van der Waals surface area contributed by atoms with E-state index in [0.717, 1.165) is 7.14 Å². The molecular formula is C8H7I2NO2. The predicted octanol–water partition coefficient (Wildman–Crippen LogP) is 2.26. The van der Waals surface area contributed by atoms with Gasteiger partial charge >= 0.3 is 5.97 Å². The Morgan fingerprint density at radius 1 is 1.46 bits per heavy atom. The van der Waals surface area contributed by atoms with Crippen molar-refractivity contribution in [1.82, 2.24) is 0 Å². The number of hydrogen-bond donors (Lipinski definition) is 1. The van der Waals surface area contributed by atoms with Crippen molar-refractivity contribution in [2.24, 2.45) is 0 Å². The lowest BCUT2D eigenvalue weighted by Gasteiger charge is -2.04. The molecule has 3 nitrogen and oxygen atoms in total. The van der Waals surface area contributed by atoms with E-state index < -0.39 is 0 Å². The van der Waals surface area contributed by atoms with E-state index in [1.165, 1.54) is 7.11 Å². The van der Waals surface area contributed by atoms with Gasteiger partial charge in [-0.25, -0.2) is 4.79 Å². The minimum atomic E-state index is -0.360. The van der Waals surface area contributed by atoms with Crippen LogP contribution in [0.3, 0.4) is 0 Å². The molecule has 0 aliphatic heterocycles. The topological polar surface area (TPSA) is 52.3 Å². The van der Waals surface area contributed by atoms with E-state index in [4.69, 9.17) is 5.73 Å². The summed E-state index contributed by atoms with van der Waals surface area (Å²) in [6, 6.07) is 3.38. The molecule has 0 atom stereocenters. The number of methoxy groups -OCH3 is 1. The Morgan fingerprint density at radius 2 is 2.08 bits per heavy atom. The molecule has 0 amide bonds. The number of esters is 1. The number of carbonyl (C=O) groups is 1. The average molecular weight is 403 g/mol. The van der Waals surface area contributed by atoms with E-state index in [2.05, 4.69) is 49.9 Å². The summed E-state index contributed by atoms with van der Waals surface area (Å²) in [5, 5.41) is 0. The van der Waals surface area contributed by atoms with Crippen molar-refractivity contribution in [1.29, 1.82) is 0 Å². The SMILES string of the molecule is COC(=O)c1cc(N)c(I)c(I)c1. The third kappa shape index (κ3) is 2.46. The summed E-state index contributed by atoms with van der Waals surface area (Å²) in [4.78, 5) is 11.1. The van der Waals surface area contributed by atoms with Crippen LogP contribution in [0.15, 0.2) is 12.1 Å². The molecule has 0 aliphatic rings. The van der Waals surface area contributed by atoms with Crippen LogP contribution in [0.1, 0.15) is 10.4 Å². The molecular weight excluding hydrogens is 396 g/mol. The van der Waals surface area contributed by atoms with Crippen LogP contribution < -0.4 is 5.73 Å². The van der Waals surface area contributed by atoms with Gasteiger partial charge in [-0.15, -0.1) is 0 Å². The molecule has 13 heavy (non-hydrogen) atoms. The molecule has 0 bridgehead atoms. The van der Waals surface area contributed by atoms with Gasteiger partial charge in [0.15, 0.2) is 0 Å². The van der Waals surface area contributed by atoms with Crippen molar-refractivity contribution in [2.75, 3.05) is 12.8 Å². The standard InChI is InChI=1S/C8H7I2NO2/c1-13-8(12)4-2-5(9)7(10)6(11)3-4/h2-3H,11H2,1H3. The molecule has 1 aromatic rings. The molecule has 0 saturated carbocycles. The molecule has 2 N–H and O–H groups in total. The third-order valence-electron chi connectivity index (χ3n) is 1.48. The largest absolute Gasteiger partial charge is 0.465 e. The number of anilines is 1. The van der Waals surface area contributed by atoms with Crippen molar-refractivity contribution >= 4 is 56.8 Å². The van der Waals surface area contributed by atoms with Gasteiger partial charge in [0.2, 0.25) is 0 Å². The number of hydrogen-bond acceptors (Lipinski definition) is 3. The number of carbonyl (C=O) groups excluding carboxylic acids is 1. The minimum Gasteiger partial charge on any atom is -0.465 e. The van der Waals surface area contributed by atoms with Crippen LogP contribution in [0.25, 0.3) is 0 Å². The Morgan fingerprint density at radius 3 is 2.54 bits per heavy atom. The molecule has 5 heteroatoms. The van der Waals surface area contributed by atoms with Crippen LogP contribution in [-0.4, -0.2) is 13.1 Å². The number of rotatable bonds is 1. The van der Waals surface area contributed by atoms with Crippen LogP contribution >= 0.6 is 45.2 Å². The van der Waals surface area contributed by atoms with Gasteiger partial charge in [-0.3, -0.25) is 0 Å². The second-order valence-electron chi connectivity index (χ2n) is 2.35. The molecule has 70 valence electrons. The van der Waals surface area contributed by atoms with Gasteiger partial charge in [0.25, 0.3) is 0 Å². The first kappa shape index (κ1) is 11.0. The fourth-order valence-corrected chi connectivity index (χ4v) is 1.80. The zero-order valence-corrected chi connectivity index (χ0v) is 11.1. The molecule has 0 spiro atoms. The average Bonchev–Trinajstić information content (AvgIpc) is 2.12. The Labute approximate surface area is 103 Å². The smallest absolute Gasteiger partial charge is 0.337 e. The van der Waals surface area contributed by atoms with Crippen LogP contribution in [0, 0.1) is 7.14 Å². The first-order valence-electron chi connectivity index (χ1n) is 3.39. The summed E-state index contributed by atoms with van der Waals surface area (Å²) >= 11 is 4.27. The van der Waals surface area contributed by atoms with Gasteiger partial charge in [0.1, 0.15) is 0 Å². The molecule has 0 unspecified atom stereocenters. The van der Waals surface area contributed by atoms with E-state index in [1.807, 2.05) is 0 Å². The third-order valence-corrected chi connectivity index (χ3v) is 4.56. The van der Waals surface area contributed by atoms with Crippen molar-refractivity contribution in [2.45, 2.75) is 0 Å². The van der Waals surface area contributed by atoms with Gasteiger partial charge in [0.05, 0.1) is 12.7 Å². The van der Waals surface area contributed by atoms with E-state index in [0.29, 0.717) is 11.3 Å². The van der Waals surface area contributed by atoms with Crippen molar-refractivity contribution in [3.8, 4) is 0 Å². The minimum absolute atomic E-state index is 0.360. The Kier molecular flexibility index (Phi) is 3.77. The molecule has 0 aromatic heterocycles. The van der Waals surface area contributed by atoms with Crippen molar-refractivity contribution < 1.29 is 9.53 Å². The summed E-state index contributed by atoms with van der Waals surface area (Å²) in [5.74, 6) is -0.360. The number of nitrogens with two attached hydrogens (primary N) is 1. The Hall–Kier alpha value is -0.0500. The van der Waals surface area contributed by atoms with E-state index >= 15 is 0 Å². The molecule has 1 aromatic carbocycles. The predicted molar refractivity (Wildman–Crippen MR) is 67.6 cm³/mol. The lowest BCUT2D eigenvalue weighted by molar-refractivity contribution is 0.0600. The summed E-state index contributed by atoms with van der Waals surface area (Å²) in [7, 11) is 1.35. The molecule has 0 fully saturated rings. The summed E-state index contributed by atoms with van der Waals surface area (Å²) in [6.45, 7) is 0. The molecule has 0 aliphatic carbocycles. The van der Waals surface area contributed by atoms with Gasteiger partial charge < -0.3 is 10.5 Å². The second-order valence-corrected chi connectivity index (χ2v) is 4.59. The molecule has 0 saturated heterocycles. The van der Waals surface area contributed by atoms with E-state index in [9.17, 15) is 4.79 Å². The fraction of sp³-hybridized carbons (Fsp3) is 0.125. The number of benzene rings is 1. The summed E-state index contributed by atoms with van der Waals surface area (Å²) < 4.78 is 6.51. The Balaban J connectivity index is 3.20. The molecule has 1 rings (SSSR count). The van der Waals surface area contributed by atoms with Crippen LogP contribution in [-0.2, 0) is 4.74 Å². The maximum absolute atomic E-state index is 11.1. The second kappa shape index (κ2) is 4.45. The van der Waals surface area contributed by atoms with Crippen molar-refractivity contribution in [3.05, 3.63) is 24.8 Å². The van der Waals surface area contributed by atoms with Gasteiger partial charge in [0, 0.05) is 12.8 Å². The van der Waals surface area contributed by atoms with Crippen molar-refractivity contribution in [3.63, 3.8) is 0 Å².